The van der Waals surface area contributed by atoms with Crippen LogP contribution in [0.4, 0.5) is 0 Å². The third-order valence-electron chi connectivity index (χ3n) is 5.09. The van der Waals surface area contributed by atoms with Crippen LogP contribution in [0.25, 0.3) is 11.5 Å². The van der Waals surface area contributed by atoms with Gasteiger partial charge in [-0.25, -0.2) is 0 Å². The number of aryl methyl sites for hydroxylation is 2. The first-order valence-electron chi connectivity index (χ1n) is 8.16. The van der Waals surface area contributed by atoms with Crippen LogP contribution in [0, 0.1) is 18.3 Å². The van der Waals surface area contributed by atoms with E-state index in [1.807, 2.05) is 19.1 Å². The van der Waals surface area contributed by atoms with Crippen LogP contribution in [0.2, 0.25) is 0 Å². The number of nitrogens with zero attached hydrogens (tertiary/aromatic N) is 3. The van der Waals surface area contributed by atoms with Crippen LogP contribution < -0.4 is 0 Å². The molecule has 2 heterocycles. The summed E-state index contributed by atoms with van der Waals surface area (Å²) in [4.78, 5) is 4.27. The molecular weight excluding hydrogens is 274 g/mol. The highest BCUT2D eigenvalue weighted by Crippen LogP contribution is 2.63. The first kappa shape index (κ1) is 13.7. The third-order valence-corrected chi connectivity index (χ3v) is 5.09. The maximum Gasteiger partial charge on any atom is 0.249 e. The van der Waals surface area contributed by atoms with E-state index in [-0.39, 0.29) is 0 Å². The van der Waals surface area contributed by atoms with E-state index in [1.165, 1.54) is 19.3 Å². The van der Waals surface area contributed by atoms with E-state index in [9.17, 15) is 0 Å². The molecule has 4 rings (SSSR count). The van der Waals surface area contributed by atoms with Crippen molar-refractivity contribution in [3.8, 4) is 11.5 Å². The van der Waals surface area contributed by atoms with Crippen LogP contribution in [-0.4, -0.2) is 15.2 Å². The molecule has 0 radical (unpaired) electrons. The molecule has 1 fully saturated rings. The standard InChI is InChI=1S/C18H21N3O/c1-3-15-10-18(15)8-13(9-18)5-7-16-20-21-17(22-16)14-6-4-12(2)19-11-14/h4,6,10-11,13H,3,5,7-9H2,1-2H3. The van der Waals surface area contributed by atoms with E-state index in [0.29, 0.717) is 11.3 Å². The van der Waals surface area contributed by atoms with Gasteiger partial charge in [-0.05, 0) is 50.7 Å². The highest BCUT2D eigenvalue weighted by atomic mass is 16.4. The molecule has 0 N–H and O–H groups in total. The van der Waals surface area contributed by atoms with Crippen LogP contribution in [0.3, 0.4) is 0 Å². The van der Waals surface area contributed by atoms with E-state index >= 15 is 0 Å². The van der Waals surface area contributed by atoms with Crippen molar-refractivity contribution in [3.05, 3.63) is 41.6 Å². The molecule has 22 heavy (non-hydrogen) atoms. The molecule has 0 unspecified atom stereocenters. The Kier molecular flexibility index (Phi) is 3.13. The van der Waals surface area contributed by atoms with Crippen molar-refractivity contribution in [1.29, 1.82) is 0 Å². The smallest absolute Gasteiger partial charge is 0.249 e. The molecule has 2 aromatic rings. The number of rotatable bonds is 5. The molecular formula is C18H21N3O. The molecule has 2 aliphatic rings. The van der Waals surface area contributed by atoms with E-state index in [2.05, 4.69) is 28.2 Å². The van der Waals surface area contributed by atoms with Crippen molar-refractivity contribution in [2.45, 2.75) is 46.0 Å². The second kappa shape index (κ2) is 5.04. The van der Waals surface area contributed by atoms with Crippen molar-refractivity contribution in [2.24, 2.45) is 11.3 Å². The van der Waals surface area contributed by atoms with Crippen LogP contribution >= 0.6 is 0 Å². The predicted octanol–water partition coefficient (Wildman–Crippen LogP) is 4.12. The fraction of sp³-hybridized carbons (Fsp3) is 0.500. The van der Waals surface area contributed by atoms with Crippen molar-refractivity contribution in [3.63, 3.8) is 0 Å². The zero-order chi connectivity index (χ0) is 15.2. The summed E-state index contributed by atoms with van der Waals surface area (Å²) in [5, 5.41) is 8.31. The van der Waals surface area contributed by atoms with Crippen LogP contribution in [-0.2, 0) is 6.42 Å². The Labute approximate surface area is 130 Å². The summed E-state index contributed by atoms with van der Waals surface area (Å²) in [5.74, 6) is 2.14. The first-order chi connectivity index (χ1) is 10.7. The number of hydrogen-bond donors (Lipinski definition) is 0. The number of hydrogen-bond acceptors (Lipinski definition) is 4. The van der Waals surface area contributed by atoms with Gasteiger partial charge in [-0.3, -0.25) is 4.98 Å². The highest BCUT2D eigenvalue weighted by Gasteiger charge is 2.52. The lowest BCUT2D eigenvalue weighted by Crippen LogP contribution is -2.28. The summed E-state index contributed by atoms with van der Waals surface area (Å²) < 4.78 is 5.76. The normalized spacial score (nSPS) is 25.9. The molecule has 2 aliphatic carbocycles. The van der Waals surface area contributed by atoms with Gasteiger partial charge in [0.05, 0.1) is 5.56 Å². The summed E-state index contributed by atoms with van der Waals surface area (Å²) in [6, 6.07) is 3.93. The van der Waals surface area contributed by atoms with Gasteiger partial charge < -0.3 is 4.42 Å². The maximum atomic E-state index is 5.76. The zero-order valence-electron chi connectivity index (χ0n) is 13.2. The molecule has 2 aromatic heterocycles. The SMILES string of the molecule is CCC1=CC12CC(CCc1nnc(-c3ccc(C)nc3)o1)C2. The van der Waals surface area contributed by atoms with E-state index in [4.69, 9.17) is 4.42 Å². The predicted molar refractivity (Wildman–Crippen MR) is 84.1 cm³/mol. The molecule has 0 aromatic carbocycles. The van der Waals surface area contributed by atoms with E-state index < -0.39 is 0 Å². The van der Waals surface area contributed by atoms with Gasteiger partial charge in [0.25, 0.3) is 0 Å². The fourth-order valence-corrected chi connectivity index (χ4v) is 3.70. The minimum Gasteiger partial charge on any atom is -0.421 e. The quantitative estimate of drug-likeness (QED) is 0.779. The molecule has 1 saturated carbocycles. The topological polar surface area (TPSA) is 51.8 Å². The monoisotopic (exact) mass is 295 g/mol. The Hall–Kier alpha value is -1.97. The minimum absolute atomic E-state index is 0.549. The number of aromatic nitrogens is 3. The Balaban J connectivity index is 1.31. The molecule has 114 valence electrons. The lowest BCUT2D eigenvalue weighted by molar-refractivity contribution is 0.173. The van der Waals surface area contributed by atoms with E-state index in [0.717, 1.165) is 35.9 Å². The number of pyridine rings is 1. The van der Waals surface area contributed by atoms with Crippen LogP contribution in [0.1, 0.15) is 44.2 Å². The Morgan fingerprint density at radius 2 is 2.14 bits per heavy atom. The van der Waals surface area contributed by atoms with Gasteiger partial charge in [-0.2, -0.15) is 0 Å². The molecule has 0 amide bonds. The summed E-state index contributed by atoms with van der Waals surface area (Å²) in [5.41, 5.74) is 4.10. The molecule has 4 nitrogen and oxygen atoms in total. The lowest BCUT2D eigenvalue weighted by atomic mass is 9.66. The number of allylic oxidation sites excluding steroid dienone is 2. The third kappa shape index (κ3) is 2.36. The summed E-state index contributed by atoms with van der Waals surface area (Å²) in [6.45, 7) is 4.22. The molecule has 0 bridgehead atoms. The van der Waals surface area contributed by atoms with Gasteiger partial charge in [0, 0.05) is 23.7 Å². The average molecular weight is 295 g/mol. The summed E-state index contributed by atoms with van der Waals surface area (Å²) >= 11 is 0. The second-order valence-electron chi connectivity index (χ2n) is 6.68. The van der Waals surface area contributed by atoms with Crippen molar-refractivity contribution < 1.29 is 4.42 Å². The second-order valence-corrected chi connectivity index (χ2v) is 6.68. The Morgan fingerprint density at radius 1 is 1.27 bits per heavy atom. The Bertz CT molecular complexity index is 708. The lowest BCUT2D eigenvalue weighted by Gasteiger charge is -2.37. The summed E-state index contributed by atoms with van der Waals surface area (Å²) in [7, 11) is 0. The van der Waals surface area contributed by atoms with Crippen molar-refractivity contribution in [1.82, 2.24) is 15.2 Å². The summed E-state index contributed by atoms with van der Waals surface area (Å²) in [6.07, 6.45) is 10.2. The molecule has 0 aliphatic heterocycles. The van der Waals surface area contributed by atoms with Gasteiger partial charge >= 0.3 is 0 Å². The molecule has 0 saturated heterocycles. The maximum absolute atomic E-state index is 5.76. The molecule has 4 heteroatoms. The first-order valence-corrected chi connectivity index (χ1v) is 8.16. The molecule has 0 atom stereocenters. The average Bonchev–Trinajstić information content (AvgIpc) is 3.05. The largest absolute Gasteiger partial charge is 0.421 e. The van der Waals surface area contributed by atoms with Gasteiger partial charge in [-0.15, -0.1) is 10.2 Å². The zero-order valence-corrected chi connectivity index (χ0v) is 13.2. The van der Waals surface area contributed by atoms with Gasteiger partial charge in [0.2, 0.25) is 11.8 Å². The van der Waals surface area contributed by atoms with Crippen LogP contribution in [0.15, 0.2) is 34.4 Å². The fourth-order valence-electron chi connectivity index (χ4n) is 3.70. The Morgan fingerprint density at radius 3 is 2.82 bits per heavy atom. The van der Waals surface area contributed by atoms with Crippen molar-refractivity contribution in [2.75, 3.05) is 0 Å². The van der Waals surface area contributed by atoms with E-state index in [1.54, 1.807) is 11.8 Å². The van der Waals surface area contributed by atoms with Gasteiger partial charge in [0.1, 0.15) is 0 Å². The van der Waals surface area contributed by atoms with Crippen LogP contribution in [0.5, 0.6) is 0 Å². The molecule has 1 spiro atoms. The van der Waals surface area contributed by atoms with Gasteiger partial charge in [-0.1, -0.05) is 18.6 Å². The van der Waals surface area contributed by atoms with Gasteiger partial charge in [0.15, 0.2) is 0 Å². The minimum atomic E-state index is 0.549. The van der Waals surface area contributed by atoms with Crippen molar-refractivity contribution >= 4 is 0 Å². The highest BCUT2D eigenvalue weighted by molar-refractivity contribution is 5.50.